The lowest BCUT2D eigenvalue weighted by Gasteiger charge is -2.37. The molecule has 2 saturated heterocycles. The average molecular weight is 356 g/mol. The fourth-order valence-corrected chi connectivity index (χ4v) is 3.30. The SMILES string of the molecule is O=C(Nc1ccc([N+](=O)[O-])cc1Cl)N[C@@H]1CCO[C@]2(CCOC2)C1. The van der Waals surface area contributed by atoms with Crippen molar-refractivity contribution in [1.82, 2.24) is 5.32 Å². The lowest BCUT2D eigenvalue weighted by Crippen LogP contribution is -2.49. The Morgan fingerprint density at radius 3 is 2.92 bits per heavy atom. The highest BCUT2D eigenvalue weighted by Gasteiger charge is 2.41. The molecule has 1 spiro atoms. The molecule has 2 heterocycles. The third-order valence-electron chi connectivity index (χ3n) is 4.31. The third kappa shape index (κ3) is 3.77. The summed E-state index contributed by atoms with van der Waals surface area (Å²) in [6, 6.07) is 3.50. The highest BCUT2D eigenvalue weighted by Crippen LogP contribution is 2.33. The van der Waals surface area contributed by atoms with Gasteiger partial charge in [-0.25, -0.2) is 4.79 Å². The number of anilines is 1. The predicted octanol–water partition coefficient (Wildman–Crippen LogP) is 2.71. The van der Waals surface area contributed by atoms with Crippen LogP contribution in [0.1, 0.15) is 19.3 Å². The van der Waals surface area contributed by atoms with Crippen molar-refractivity contribution in [3.63, 3.8) is 0 Å². The van der Waals surface area contributed by atoms with E-state index in [-0.39, 0.29) is 22.4 Å². The normalized spacial score (nSPS) is 26.3. The van der Waals surface area contributed by atoms with E-state index in [4.69, 9.17) is 21.1 Å². The summed E-state index contributed by atoms with van der Waals surface area (Å²) < 4.78 is 11.2. The Morgan fingerprint density at radius 1 is 1.42 bits per heavy atom. The van der Waals surface area contributed by atoms with E-state index in [1.807, 2.05) is 0 Å². The van der Waals surface area contributed by atoms with E-state index < -0.39 is 11.0 Å². The van der Waals surface area contributed by atoms with Gasteiger partial charge in [-0.3, -0.25) is 10.1 Å². The summed E-state index contributed by atoms with van der Waals surface area (Å²) in [6.45, 7) is 1.81. The predicted molar refractivity (Wildman–Crippen MR) is 87.4 cm³/mol. The molecule has 1 aromatic carbocycles. The fourth-order valence-electron chi connectivity index (χ4n) is 3.08. The highest BCUT2D eigenvalue weighted by molar-refractivity contribution is 6.33. The molecule has 1 aromatic rings. The number of rotatable bonds is 3. The van der Waals surface area contributed by atoms with Gasteiger partial charge in [-0.15, -0.1) is 0 Å². The number of carbonyl (C=O) groups excluding carboxylic acids is 1. The van der Waals surface area contributed by atoms with Gasteiger partial charge in [0, 0.05) is 37.8 Å². The van der Waals surface area contributed by atoms with E-state index in [1.165, 1.54) is 18.2 Å². The van der Waals surface area contributed by atoms with Gasteiger partial charge in [-0.1, -0.05) is 11.6 Å². The van der Waals surface area contributed by atoms with Crippen molar-refractivity contribution in [3.8, 4) is 0 Å². The summed E-state index contributed by atoms with van der Waals surface area (Å²) >= 11 is 5.98. The molecule has 3 rings (SSSR count). The summed E-state index contributed by atoms with van der Waals surface area (Å²) in [5.41, 5.74) is -0.0920. The van der Waals surface area contributed by atoms with Crippen LogP contribution in [-0.4, -0.2) is 42.4 Å². The highest BCUT2D eigenvalue weighted by atomic mass is 35.5. The molecule has 130 valence electrons. The second-order valence-corrected chi connectivity index (χ2v) is 6.45. The number of hydrogen-bond acceptors (Lipinski definition) is 5. The van der Waals surface area contributed by atoms with Crippen LogP contribution in [0.25, 0.3) is 0 Å². The Labute approximate surface area is 143 Å². The number of non-ortho nitro benzene ring substituents is 1. The molecular weight excluding hydrogens is 338 g/mol. The molecule has 0 aromatic heterocycles. The lowest BCUT2D eigenvalue weighted by atomic mass is 9.90. The number of nitrogens with one attached hydrogen (secondary N) is 2. The lowest BCUT2D eigenvalue weighted by molar-refractivity contribution is -0.384. The minimum atomic E-state index is -0.541. The number of benzene rings is 1. The largest absolute Gasteiger partial charge is 0.378 e. The second kappa shape index (κ2) is 6.92. The summed E-state index contributed by atoms with van der Waals surface area (Å²) in [5.74, 6) is 0. The van der Waals surface area contributed by atoms with Crippen LogP contribution in [0.3, 0.4) is 0 Å². The molecule has 9 heteroatoms. The maximum atomic E-state index is 12.2. The number of nitro groups is 1. The number of urea groups is 1. The Morgan fingerprint density at radius 2 is 2.25 bits per heavy atom. The molecule has 0 bridgehead atoms. The maximum Gasteiger partial charge on any atom is 0.319 e. The van der Waals surface area contributed by atoms with Crippen LogP contribution in [0.4, 0.5) is 16.2 Å². The first kappa shape index (κ1) is 16.9. The summed E-state index contributed by atoms with van der Waals surface area (Å²) in [6.07, 6.45) is 2.26. The summed E-state index contributed by atoms with van der Waals surface area (Å²) in [4.78, 5) is 22.3. The number of nitrogens with zero attached hydrogens (tertiary/aromatic N) is 1. The zero-order chi connectivity index (χ0) is 17.2. The van der Waals surface area contributed by atoms with Gasteiger partial charge in [0.15, 0.2) is 0 Å². The van der Waals surface area contributed by atoms with E-state index in [9.17, 15) is 14.9 Å². The summed E-state index contributed by atoms with van der Waals surface area (Å²) in [5, 5.41) is 16.3. The number of halogens is 1. The van der Waals surface area contributed by atoms with Crippen LogP contribution < -0.4 is 10.6 Å². The van der Waals surface area contributed by atoms with Crippen molar-refractivity contribution in [2.75, 3.05) is 25.1 Å². The molecule has 0 unspecified atom stereocenters. The zero-order valence-electron chi connectivity index (χ0n) is 12.9. The molecule has 2 aliphatic rings. The van der Waals surface area contributed by atoms with Gasteiger partial charge in [0.1, 0.15) is 0 Å². The molecule has 2 atom stereocenters. The van der Waals surface area contributed by atoms with E-state index in [2.05, 4.69) is 10.6 Å². The van der Waals surface area contributed by atoms with Crippen LogP contribution >= 0.6 is 11.6 Å². The zero-order valence-corrected chi connectivity index (χ0v) is 13.7. The number of hydrogen-bond donors (Lipinski definition) is 2. The first-order valence-electron chi connectivity index (χ1n) is 7.71. The van der Waals surface area contributed by atoms with Crippen molar-refractivity contribution < 1.29 is 19.2 Å². The third-order valence-corrected chi connectivity index (χ3v) is 4.62. The summed E-state index contributed by atoms with van der Waals surface area (Å²) in [7, 11) is 0. The van der Waals surface area contributed by atoms with Crippen molar-refractivity contribution >= 4 is 29.0 Å². The Hall–Kier alpha value is -1.90. The van der Waals surface area contributed by atoms with Crippen molar-refractivity contribution in [1.29, 1.82) is 0 Å². The Bertz CT molecular complexity index is 648. The first-order valence-corrected chi connectivity index (χ1v) is 8.08. The molecule has 2 amide bonds. The second-order valence-electron chi connectivity index (χ2n) is 6.04. The Balaban J connectivity index is 1.58. The van der Waals surface area contributed by atoms with Crippen LogP contribution in [-0.2, 0) is 9.47 Å². The molecule has 0 aliphatic carbocycles. The molecule has 0 saturated carbocycles. The number of amides is 2. The standard InChI is InChI=1S/C15H18ClN3O5/c16-12-7-11(19(21)22)1-2-13(12)18-14(20)17-10-3-5-24-15(8-10)4-6-23-9-15/h1-2,7,10H,3-6,8-9H2,(H2,17,18,20)/t10-,15-/m1/s1. The van der Waals surface area contributed by atoms with E-state index >= 15 is 0 Å². The molecule has 0 radical (unpaired) electrons. The van der Waals surface area contributed by atoms with Crippen molar-refractivity contribution in [2.45, 2.75) is 30.9 Å². The molecule has 2 fully saturated rings. The van der Waals surface area contributed by atoms with Crippen LogP contribution in [0.5, 0.6) is 0 Å². The van der Waals surface area contributed by atoms with Gasteiger partial charge in [-0.05, 0) is 18.9 Å². The van der Waals surface area contributed by atoms with Crippen LogP contribution in [0, 0.1) is 10.1 Å². The Kier molecular flexibility index (Phi) is 4.88. The quantitative estimate of drug-likeness (QED) is 0.641. The van der Waals surface area contributed by atoms with Crippen LogP contribution in [0.2, 0.25) is 5.02 Å². The van der Waals surface area contributed by atoms with Gasteiger partial charge in [0.2, 0.25) is 0 Å². The fraction of sp³-hybridized carbons (Fsp3) is 0.533. The number of nitro benzene ring substituents is 1. The smallest absolute Gasteiger partial charge is 0.319 e. The maximum absolute atomic E-state index is 12.2. The minimum absolute atomic E-state index is 0.0164. The van der Waals surface area contributed by atoms with Gasteiger partial charge in [0.05, 0.1) is 27.8 Å². The molecular formula is C15H18ClN3O5. The van der Waals surface area contributed by atoms with Crippen molar-refractivity contribution in [2.24, 2.45) is 0 Å². The molecule has 2 N–H and O–H groups in total. The topological polar surface area (TPSA) is 103 Å². The molecule has 2 aliphatic heterocycles. The van der Waals surface area contributed by atoms with Crippen LogP contribution in [0.15, 0.2) is 18.2 Å². The van der Waals surface area contributed by atoms with Gasteiger partial charge < -0.3 is 20.1 Å². The number of carbonyl (C=O) groups is 1. The van der Waals surface area contributed by atoms with Gasteiger partial charge in [0.25, 0.3) is 5.69 Å². The average Bonchev–Trinajstić information content (AvgIpc) is 2.96. The molecule has 8 nitrogen and oxygen atoms in total. The van der Waals surface area contributed by atoms with E-state index in [0.717, 1.165) is 12.8 Å². The first-order chi connectivity index (χ1) is 11.5. The van der Waals surface area contributed by atoms with Gasteiger partial charge >= 0.3 is 6.03 Å². The van der Waals surface area contributed by atoms with E-state index in [0.29, 0.717) is 31.9 Å². The van der Waals surface area contributed by atoms with E-state index in [1.54, 1.807) is 0 Å². The molecule has 24 heavy (non-hydrogen) atoms. The number of ether oxygens (including phenoxy) is 2. The minimum Gasteiger partial charge on any atom is -0.378 e. The van der Waals surface area contributed by atoms with Crippen molar-refractivity contribution in [3.05, 3.63) is 33.3 Å². The van der Waals surface area contributed by atoms with Gasteiger partial charge in [-0.2, -0.15) is 0 Å². The monoisotopic (exact) mass is 355 g/mol.